The van der Waals surface area contributed by atoms with E-state index in [9.17, 15) is 4.79 Å². The van der Waals surface area contributed by atoms with Gasteiger partial charge >= 0.3 is 0 Å². The zero-order valence-electron chi connectivity index (χ0n) is 14.8. The standard InChI is InChI=1S/C22H23N3O/c26-22(20-5-3-7-21-19(20)6-4-12-23-21)24-15-17-8-10-18(11-9-17)16-25-13-1-2-14-25/h3-12H,1-2,13-16H2,(H,24,26). The summed E-state index contributed by atoms with van der Waals surface area (Å²) in [6, 6.07) is 18.0. The Morgan fingerprint density at radius 3 is 2.54 bits per heavy atom. The lowest BCUT2D eigenvalue weighted by molar-refractivity contribution is 0.0952. The van der Waals surface area contributed by atoms with Crippen molar-refractivity contribution in [1.29, 1.82) is 0 Å². The first kappa shape index (κ1) is 16.7. The van der Waals surface area contributed by atoms with Gasteiger partial charge in [-0.05, 0) is 55.3 Å². The minimum atomic E-state index is -0.0651. The number of hydrogen-bond donors (Lipinski definition) is 1. The minimum absolute atomic E-state index is 0.0651. The highest BCUT2D eigenvalue weighted by Gasteiger charge is 2.12. The molecule has 0 radical (unpaired) electrons. The summed E-state index contributed by atoms with van der Waals surface area (Å²) in [5.41, 5.74) is 3.96. The van der Waals surface area contributed by atoms with Gasteiger partial charge in [-0.25, -0.2) is 0 Å². The molecule has 0 atom stereocenters. The molecule has 0 saturated carbocycles. The van der Waals surface area contributed by atoms with Crippen molar-refractivity contribution in [2.75, 3.05) is 13.1 Å². The van der Waals surface area contributed by atoms with Gasteiger partial charge in [0.2, 0.25) is 0 Å². The molecule has 1 amide bonds. The zero-order valence-corrected chi connectivity index (χ0v) is 14.8. The maximum Gasteiger partial charge on any atom is 0.252 e. The number of nitrogens with zero attached hydrogens (tertiary/aromatic N) is 2. The fourth-order valence-electron chi connectivity index (χ4n) is 3.54. The van der Waals surface area contributed by atoms with Crippen LogP contribution in [0.15, 0.2) is 60.8 Å². The second-order valence-electron chi connectivity index (χ2n) is 6.86. The van der Waals surface area contributed by atoms with Gasteiger partial charge in [0.15, 0.2) is 0 Å². The second-order valence-corrected chi connectivity index (χ2v) is 6.86. The van der Waals surface area contributed by atoms with Crippen LogP contribution in [0.2, 0.25) is 0 Å². The van der Waals surface area contributed by atoms with Crippen molar-refractivity contribution >= 4 is 16.8 Å². The quantitative estimate of drug-likeness (QED) is 0.766. The van der Waals surface area contributed by atoms with E-state index in [1.807, 2.05) is 30.3 Å². The van der Waals surface area contributed by atoms with Crippen molar-refractivity contribution in [1.82, 2.24) is 15.2 Å². The van der Waals surface area contributed by atoms with Crippen molar-refractivity contribution in [3.05, 3.63) is 77.5 Å². The Labute approximate surface area is 153 Å². The SMILES string of the molecule is O=C(NCc1ccc(CN2CCCC2)cc1)c1cccc2ncccc12. The molecule has 26 heavy (non-hydrogen) atoms. The number of nitrogens with one attached hydrogen (secondary N) is 1. The third-order valence-electron chi connectivity index (χ3n) is 4.97. The predicted molar refractivity (Wildman–Crippen MR) is 104 cm³/mol. The molecule has 1 aliphatic rings. The van der Waals surface area contributed by atoms with Crippen LogP contribution in [0, 0.1) is 0 Å². The molecule has 2 heterocycles. The third kappa shape index (κ3) is 3.75. The number of benzene rings is 2. The van der Waals surface area contributed by atoms with Gasteiger partial charge in [-0.3, -0.25) is 14.7 Å². The van der Waals surface area contributed by atoms with Gasteiger partial charge in [-0.15, -0.1) is 0 Å². The number of aromatic nitrogens is 1. The van der Waals surface area contributed by atoms with Crippen molar-refractivity contribution in [2.45, 2.75) is 25.9 Å². The van der Waals surface area contributed by atoms with E-state index in [0.717, 1.165) is 23.0 Å². The molecular weight excluding hydrogens is 322 g/mol. The third-order valence-corrected chi connectivity index (χ3v) is 4.97. The highest BCUT2D eigenvalue weighted by Crippen LogP contribution is 2.17. The van der Waals surface area contributed by atoms with Crippen LogP contribution in [-0.2, 0) is 13.1 Å². The predicted octanol–water partition coefficient (Wildman–Crippen LogP) is 3.76. The first-order valence-corrected chi connectivity index (χ1v) is 9.22. The summed E-state index contributed by atoms with van der Waals surface area (Å²) in [6.07, 6.45) is 4.37. The average Bonchev–Trinajstić information content (AvgIpc) is 3.20. The summed E-state index contributed by atoms with van der Waals surface area (Å²) in [4.78, 5) is 19.4. The smallest absolute Gasteiger partial charge is 0.252 e. The number of likely N-dealkylation sites (tertiary alicyclic amines) is 1. The fraction of sp³-hybridized carbons (Fsp3) is 0.273. The lowest BCUT2D eigenvalue weighted by Crippen LogP contribution is -2.23. The Morgan fingerprint density at radius 1 is 0.962 bits per heavy atom. The number of pyridine rings is 1. The first-order valence-electron chi connectivity index (χ1n) is 9.22. The average molecular weight is 345 g/mol. The maximum atomic E-state index is 12.6. The van der Waals surface area contributed by atoms with Gasteiger partial charge in [0, 0.05) is 30.2 Å². The van der Waals surface area contributed by atoms with Crippen LogP contribution in [0.4, 0.5) is 0 Å². The number of rotatable bonds is 5. The Hall–Kier alpha value is -2.72. The number of amides is 1. The normalized spacial score (nSPS) is 14.6. The Kier molecular flexibility index (Phi) is 4.93. The van der Waals surface area contributed by atoms with Gasteiger partial charge in [0.25, 0.3) is 5.91 Å². The fourth-order valence-corrected chi connectivity index (χ4v) is 3.54. The molecule has 4 heteroatoms. The van der Waals surface area contributed by atoms with Crippen molar-refractivity contribution in [2.24, 2.45) is 0 Å². The van der Waals surface area contributed by atoms with Crippen LogP contribution < -0.4 is 5.32 Å². The molecule has 0 aliphatic carbocycles. The maximum absolute atomic E-state index is 12.6. The largest absolute Gasteiger partial charge is 0.348 e. The van der Waals surface area contributed by atoms with Gasteiger partial charge in [0.1, 0.15) is 0 Å². The summed E-state index contributed by atoms with van der Waals surface area (Å²) >= 11 is 0. The van der Waals surface area contributed by atoms with Crippen LogP contribution in [-0.4, -0.2) is 28.9 Å². The first-order chi connectivity index (χ1) is 12.8. The van der Waals surface area contributed by atoms with E-state index in [1.165, 1.54) is 31.5 Å². The number of fused-ring (bicyclic) bond motifs is 1. The molecular formula is C22H23N3O. The monoisotopic (exact) mass is 345 g/mol. The Morgan fingerprint density at radius 2 is 1.73 bits per heavy atom. The molecule has 2 aromatic carbocycles. The summed E-state index contributed by atoms with van der Waals surface area (Å²) in [5, 5.41) is 3.91. The van der Waals surface area contributed by atoms with Crippen molar-refractivity contribution in [3.63, 3.8) is 0 Å². The van der Waals surface area contributed by atoms with E-state index in [1.54, 1.807) is 6.20 Å². The zero-order chi connectivity index (χ0) is 17.8. The highest BCUT2D eigenvalue weighted by molar-refractivity contribution is 6.06. The molecule has 1 aromatic heterocycles. The number of carbonyl (C=O) groups excluding carboxylic acids is 1. The van der Waals surface area contributed by atoms with E-state index < -0.39 is 0 Å². The summed E-state index contributed by atoms with van der Waals surface area (Å²) in [7, 11) is 0. The summed E-state index contributed by atoms with van der Waals surface area (Å²) in [5.74, 6) is -0.0651. The Balaban J connectivity index is 1.39. The molecule has 1 aliphatic heterocycles. The lowest BCUT2D eigenvalue weighted by Gasteiger charge is -2.14. The van der Waals surface area contributed by atoms with Crippen LogP contribution in [0.1, 0.15) is 34.3 Å². The molecule has 0 unspecified atom stereocenters. The molecule has 1 N–H and O–H groups in total. The topological polar surface area (TPSA) is 45.2 Å². The van der Waals surface area contributed by atoms with Gasteiger partial charge in [-0.2, -0.15) is 0 Å². The van der Waals surface area contributed by atoms with Crippen LogP contribution in [0.3, 0.4) is 0 Å². The number of carbonyl (C=O) groups is 1. The lowest BCUT2D eigenvalue weighted by atomic mass is 10.1. The van der Waals surface area contributed by atoms with E-state index in [-0.39, 0.29) is 5.91 Å². The molecule has 0 spiro atoms. The molecule has 1 fully saturated rings. The molecule has 1 saturated heterocycles. The van der Waals surface area contributed by atoms with Gasteiger partial charge < -0.3 is 5.32 Å². The second kappa shape index (κ2) is 7.67. The molecule has 4 rings (SSSR count). The summed E-state index contributed by atoms with van der Waals surface area (Å²) < 4.78 is 0. The van der Waals surface area contributed by atoms with E-state index in [0.29, 0.717) is 12.1 Å². The van der Waals surface area contributed by atoms with E-state index >= 15 is 0 Å². The molecule has 4 nitrogen and oxygen atoms in total. The number of hydrogen-bond acceptors (Lipinski definition) is 3. The van der Waals surface area contributed by atoms with E-state index in [4.69, 9.17) is 0 Å². The molecule has 3 aromatic rings. The van der Waals surface area contributed by atoms with Crippen LogP contribution in [0.5, 0.6) is 0 Å². The van der Waals surface area contributed by atoms with Crippen LogP contribution >= 0.6 is 0 Å². The Bertz CT molecular complexity index is 893. The molecule has 132 valence electrons. The van der Waals surface area contributed by atoms with Crippen molar-refractivity contribution < 1.29 is 4.79 Å². The summed E-state index contributed by atoms with van der Waals surface area (Å²) in [6.45, 7) is 3.96. The van der Waals surface area contributed by atoms with Gasteiger partial charge in [-0.1, -0.05) is 36.4 Å². The molecule has 0 bridgehead atoms. The van der Waals surface area contributed by atoms with Gasteiger partial charge in [0.05, 0.1) is 5.52 Å². The highest BCUT2D eigenvalue weighted by atomic mass is 16.1. The van der Waals surface area contributed by atoms with Crippen LogP contribution in [0.25, 0.3) is 10.9 Å². The minimum Gasteiger partial charge on any atom is -0.348 e. The van der Waals surface area contributed by atoms with Crippen molar-refractivity contribution in [3.8, 4) is 0 Å². The van der Waals surface area contributed by atoms with E-state index in [2.05, 4.69) is 39.5 Å².